The van der Waals surface area contributed by atoms with E-state index < -0.39 is 0 Å². The number of carbonyl (C=O) groups excluding carboxylic acids is 1. The molecule has 0 radical (unpaired) electrons. The minimum atomic E-state index is 0.0310. The number of aryl methyl sites for hydroxylation is 1. The van der Waals surface area contributed by atoms with Gasteiger partial charge in [0.2, 0.25) is 11.8 Å². The number of hydrogen-bond donors (Lipinski definition) is 1. The van der Waals surface area contributed by atoms with Crippen LogP contribution < -0.4 is 5.32 Å². The number of benzene rings is 1. The lowest BCUT2D eigenvalue weighted by atomic mass is 10.2. The lowest BCUT2D eigenvalue weighted by molar-refractivity contribution is -0.118. The van der Waals surface area contributed by atoms with Gasteiger partial charge in [-0.25, -0.2) is 4.98 Å². The number of nitrogens with one attached hydrogen (secondary N) is 1. The van der Waals surface area contributed by atoms with Crippen molar-refractivity contribution in [2.75, 3.05) is 5.75 Å². The summed E-state index contributed by atoms with van der Waals surface area (Å²) in [6.45, 7) is 2.47. The molecule has 0 saturated carbocycles. The van der Waals surface area contributed by atoms with Crippen molar-refractivity contribution in [2.45, 2.75) is 19.2 Å². The van der Waals surface area contributed by atoms with Crippen LogP contribution >= 0.6 is 23.1 Å². The van der Waals surface area contributed by atoms with Crippen LogP contribution in [0.15, 0.2) is 52.3 Å². The monoisotopic (exact) mass is 358 g/mol. The molecule has 1 N–H and O–H groups in total. The van der Waals surface area contributed by atoms with E-state index in [1.807, 2.05) is 54.8 Å². The molecule has 6 heteroatoms. The summed E-state index contributed by atoms with van der Waals surface area (Å²) in [5, 5.41) is 4.93. The highest BCUT2D eigenvalue weighted by molar-refractivity contribution is 7.99. The molecule has 124 valence electrons. The van der Waals surface area contributed by atoms with Gasteiger partial charge in [-0.2, -0.15) is 0 Å². The number of amides is 1. The molecule has 0 spiro atoms. The molecule has 2 heterocycles. The molecule has 0 aliphatic rings. The van der Waals surface area contributed by atoms with Gasteiger partial charge in [0.25, 0.3) is 0 Å². The molecular weight excluding hydrogens is 340 g/mol. The van der Waals surface area contributed by atoms with Crippen LogP contribution in [0.5, 0.6) is 0 Å². The van der Waals surface area contributed by atoms with Gasteiger partial charge in [0, 0.05) is 12.3 Å². The van der Waals surface area contributed by atoms with E-state index in [1.165, 1.54) is 0 Å². The van der Waals surface area contributed by atoms with Crippen molar-refractivity contribution < 1.29 is 9.21 Å². The van der Waals surface area contributed by atoms with E-state index in [1.54, 1.807) is 23.1 Å². The molecule has 3 rings (SSSR count). The molecule has 0 unspecified atom stereocenters. The zero-order valence-corrected chi connectivity index (χ0v) is 15.0. The number of thioether (sulfide) groups is 1. The van der Waals surface area contributed by atoms with Crippen molar-refractivity contribution in [1.29, 1.82) is 0 Å². The molecule has 0 fully saturated rings. The zero-order valence-electron chi connectivity index (χ0n) is 13.3. The van der Waals surface area contributed by atoms with Gasteiger partial charge in [-0.3, -0.25) is 4.79 Å². The molecule has 0 aliphatic carbocycles. The maximum atomic E-state index is 11.9. The number of thiophene rings is 1. The Bertz CT molecular complexity index is 783. The highest BCUT2D eigenvalue weighted by Crippen LogP contribution is 2.27. The summed E-state index contributed by atoms with van der Waals surface area (Å²) in [6.07, 6.45) is 0. The molecule has 24 heavy (non-hydrogen) atoms. The van der Waals surface area contributed by atoms with Gasteiger partial charge in [0.05, 0.1) is 16.3 Å². The van der Waals surface area contributed by atoms with Gasteiger partial charge in [0.15, 0.2) is 0 Å². The summed E-state index contributed by atoms with van der Waals surface area (Å²) >= 11 is 3.15. The maximum absolute atomic E-state index is 11.9. The highest BCUT2D eigenvalue weighted by atomic mass is 32.2. The summed E-state index contributed by atoms with van der Waals surface area (Å²) in [6, 6.07) is 13.9. The van der Waals surface area contributed by atoms with Crippen molar-refractivity contribution in [2.24, 2.45) is 0 Å². The number of carbonyl (C=O) groups is 1. The Morgan fingerprint density at radius 2 is 2.08 bits per heavy atom. The minimum absolute atomic E-state index is 0.0310. The smallest absolute Gasteiger partial charge is 0.236 e. The van der Waals surface area contributed by atoms with E-state index in [-0.39, 0.29) is 5.91 Å². The number of nitrogens with zero attached hydrogens (tertiary/aromatic N) is 1. The van der Waals surface area contributed by atoms with Crippen LogP contribution in [0.1, 0.15) is 17.0 Å². The number of rotatable bonds is 7. The average Bonchev–Trinajstić information content (AvgIpc) is 3.24. The topological polar surface area (TPSA) is 55.1 Å². The molecule has 0 bridgehead atoms. The molecule has 0 aliphatic heterocycles. The Hall–Kier alpha value is -2.05. The minimum Gasteiger partial charge on any atom is -0.440 e. The fraction of sp³-hybridized carbons (Fsp3) is 0.222. The molecule has 4 nitrogen and oxygen atoms in total. The van der Waals surface area contributed by atoms with Crippen LogP contribution in [-0.2, 0) is 17.1 Å². The van der Waals surface area contributed by atoms with Crippen LogP contribution in [0, 0.1) is 6.92 Å². The first-order chi connectivity index (χ1) is 11.7. The first-order valence-corrected chi connectivity index (χ1v) is 9.64. The zero-order chi connectivity index (χ0) is 16.8. The molecule has 1 aromatic carbocycles. The Morgan fingerprint density at radius 3 is 2.83 bits per heavy atom. The van der Waals surface area contributed by atoms with Crippen LogP contribution in [0.4, 0.5) is 0 Å². The van der Waals surface area contributed by atoms with Gasteiger partial charge in [0.1, 0.15) is 5.76 Å². The molecule has 2 aromatic heterocycles. The van der Waals surface area contributed by atoms with Crippen molar-refractivity contribution in [3.63, 3.8) is 0 Å². The summed E-state index contributed by atoms with van der Waals surface area (Å²) in [5.74, 6) is 2.58. The molecule has 1 amide bonds. The van der Waals surface area contributed by atoms with E-state index in [4.69, 9.17) is 4.42 Å². The lowest BCUT2D eigenvalue weighted by Crippen LogP contribution is -2.24. The normalized spacial score (nSPS) is 10.7. The summed E-state index contributed by atoms with van der Waals surface area (Å²) in [4.78, 5) is 17.5. The number of oxazole rings is 1. The third-order valence-electron chi connectivity index (χ3n) is 3.43. The number of hydrogen-bond acceptors (Lipinski definition) is 5. The van der Waals surface area contributed by atoms with Crippen molar-refractivity contribution in [3.8, 4) is 10.8 Å². The Morgan fingerprint density at radius 1 is 1.25 bits per heavy atom. The summed E-state index contributed by atoms with van der Waals surface area (Å²) in [5.41, 5.74) is 2.00. The first kappa shape index (κ1) is 16.8. The second kappa shape index (κ2) is 8.17. The van der Waals surface area contributed by atoms with Crippen LogP contribution in [0.3, 0.4) is 0 Å². The van der Waals surface area contributed by atoms with Crippen LogP contribution in [-0.4, -0.2) is 16.6 Å². The number of aromatic nitrogens is 1. The van der Waals surface area contributed by atoms with Crippen molar-refractivity contribution >= 4 is 29.0 Å². The quantitative estimate of drug-likeness (QED) is 0.685. The van der Waals surface area contributed by atoms with E-state index in [9.17, 15) is 4.79 Å². The molecule has 3 aromatic rings. The van der Waals surface area contributed by atoms with Crippen molar-refractivity contribution in [1.82, 2.24) is 10.3 Å². The van der Waals surface area contributed by atoms with Gasteiger partial charge < -0.3 is 9.73 Å². The predicted octanol–water partition coefficient (Wildman–Crippen LogP) is 4.26. The van der Waals surface area contributed by atoms with E-state index in [0.717, 1.165) is 21.9 Å². The van der Waals surface area contributed by atoms with Gasteiger partial charge in [-0.05, 0) is 23.9 Å². The molecule has 0 saturated heterocycles. The van der Waals surface area contributed by atoms with Crippen LogP contribution in [0.25, 0.3) is 10.8 Å². The Labute approximate surface area is 149 Å². The summed E-state index contributed by atoms with van der Waals surface area (Å²) in [7, 11) is 0. The third-order valence-corrected chi connectivity index (χ3v) is 5.23. The standard InChI is InChI=1S/C18H18N2O2S2/c1-13-15(20-18(22-13)16-8-5-9-24-16)11-23-12-17(21)19-10-14-6-3-2-4-7-14/h2-9H,10-12H2,1H3,(H,19,21). The van der Waals surface area contributed by atoms with Gasteiger partial charge in [-0.15, -0.1) is 23.1 Å². The predicted molar refractivity (Wildman–Crippen MR) is 99.0 cm³/mol. The molecule has 0 atom stereocenters. The van der Waals surface area contributed by atoms with Gasteiger partial charge >= 0.3 is 0 Å². The van der Waals surface area contributed by atoms with Crippen molar-refractivity contribution in [3.05, 3.63) is 64.9 Å². The second-order valence-electron chi connectivity index (χ2n) is 5.25. The second-order valence-corrected chi connectivity index (χ2v) is 7.19. The van der Waals surface area contributed by atoms with E-state index in [0.29, 0.717) is 23.9 Å². The Kier molecular flexibility index (Phi) is 5.72. The van der Waals surface area contributed by atoms with Gasteiger partial charge in [-0.1, -0.05) is 36.4 Å². The summed E-state index contributed by atoms with van der Waals surface area (Å²) < 4.78 is 5.71. The average molecular weight is 358 g/mol. The first-order valence-electron chi connectivity index (χ1n) is 7.61. The highest BCUT2D eigenvalue weighted by Gasteiger charge is 2.12. The Balaban J connectivity index is 1.45. The fourth-order valence-corrected chi connectivity index (χ4v) is 3.66. The third kappa shape index (κ3) is 4.49. The van der Waals surface area contributed by atoms with E-state index >= 15 is 0 Å². The SMILES string of the molecule is Cc1oc(-c2cccs2)nc1CSCC(=O)NCc1ccccc1. The maximum Gasteiger partial charge on any atom is 0.236 e. The largest absolute Gasteiger partial charge is 0.440 e. The fourth-order valence-electron chi connectivity index (χ4n) is 2.16. The molecular formula is C18H18N2O2S2. The lowest BCUT2D eigenvalue weighted by Gasteiger charge is -2.04. The van der Waals surface area contributed by atoms with E-state index in [2.05, 4.69) is 10.3 Å². The van der Waals surface area contributed by atoms with Crippen LogP contribution in [0.2, 0.25) is 0 Å².